The molecule has 8 heteroatoms. The van der Waals surface area contributed by atoms with Gasteiger partial charge in [0.05, 0.1) is 24.9 Å². The normalized spacial score (nSPS) is 21.4. The molecule has 1 aliphatic carbocycles. The zero-order valence-corrected chi connectivity index (χ0v) is 15.2. The van der Waals surface area contributed by atoms with Gasteiger partial charge in [-0.15, -0.1) is 0 Å². The fourth-order valence-electron chi connectivity index (χ4n) is 2.95. The van der Waals surface area contributed by atoms with Crippen molar-refractivity contribution in [3.05, 3.63) is 53.3 Å². The fourth-order valence-corrected chi connectivity index (χ4v) is 4.66. The van der Waals surface area contributed by atoms with Gasteiger partial charge in [0.1, 0.15) is 10.6 Å². The molecule has 1 aliphatic rings. The van der Waals surface area contributed by atoms with Crippen LogP contribution in [0.25, 0.3) is 0 Å². The number of halogens is 1. The summed E-state index contributed by atoms with van der Waals surface area (Å²) in [6.45, 7) is 0. The number of aliphatic hydroxyl groups excluding tert-OH is 1. The topological polar surface area (TPSA) is 88.5 Å². The van der Waals surface area contributed by atoms with Crippen molar-refractivity contribution in [2.45, 2.75) is 29.9 Å². The van der Waals surface area contributed by atoms with Gasteiger partial charge in [0.15, 0.2) is 0 Å². The van der Waals surface area contributed by atoms with E-state index < -0.39 is 22.2 Å². The van der Waals surface area contributed by atoms with Crippen LogP contribution in [0.2, 0.25) is 5.02 Å². The minimum absolute atomic E-state index is 0.0233. The molecule has 0 unspecified atom stereocenters. The smallest absolute Gasteiger partial charge is 0.244 e. The molecule has 0 radical (unpaired) electrons. The Morgan fingerprint density at radius 1 is 1.32 bits per heavy atom. The summed E-state index contributed by atoms with van der Waals surface area (Å²) in [7, 11) is -2.49. The Balaban J connectivity index is 1.95. The van der Waals surface area contributed by atoms with Crippen LogP contribution in [0.1, 0.15) is 24.6 Å². The van der Waals surface area contributed by atoms with Gasteiger partial charge in [-0.25, -0.2) is 13.1 Å². The first-order valence-electron chi connectivity index (χ1n) is 7.85. The molecular formula is C17H19ClN2O4S. The summed E-state index contributed by atoms with van der Waals surface area (Å²) in [6.07, 6.45) is 2.26. The van der Waals surface area contributed by atoms with Gasteiger partial charge in [-0.2, -0.15) is 0 Å². The molecule has 2 N–H and O–H groups in total. The molecule has 0 saturated heterocycles. The zero-order chi connectivity index (χ0) is 18.0. The van der Waals surface area contributed by atoms with E-state index in [0.29, 0.717) is 23.6 Å². The fraction of sp³-hybridized carbons (Fsp3) is 0.353. The lowest BCUT2D eigenvalue weighted by Gasteiger charge is -2.37. The van der Waals surface area contributed by atoms with Crippen molar-refractivity contribution in [1.82, 2.24) is 9.71 Å². The molecule has 1 aromatic carbocycles. The number of aliphatic hydroxyl groups is 1. The molecule has 0 aliphatic heterocycles. The highest BCUT2D eigenvalue weighted by Gasteiger charge is 2.38. The molecule has 25 heavy (non-hydrogen) atoms. The molecule has 1 saturated carbocycles. The van der Waals surface area contributed by atoms with Crippen molar-refractivity contribution in [3.8, 4) is 5.75 Å². The highest BCUT2D eigenvalue weighted by atomic mass is 35.5. The number of benzene rings is 1. The summed E-state index contributed by atoms with van der Waals surface area (Å²) in [5.41, 5.74) is 0.615. The highest BCUT2D eigenvalue weighted by molar-refractivity contribution is 7.89. The van der Waals surface area contributed by atoms with Gasteiger partial charge in [0.25, 0.3) is 0 Å². The number of pyridine rings is 1. The molecule has 0 bridgehead atoms. The van der Waals surface area contributed by atoms with E-state index in [0.717, 1.165) is 0 Å². The van der Waals surface area contributed by atoms with Crippen LogP contribution in [-0.2, 0) is 10.0 Å². The summed E-state index contributed by atoms with van der Waals surface area (Å²) in [6, 6.07) is 9.25. The molecule has 2 aromatic rings. The Labute approximate surface area is 151 Å². The molecule has 1 atom stereocenters. The summed E-state index contributed by atoms with van der Waals surface area (Å²) < 4.78 is 33.7. The van der Waals surface area contributed by atoms with Crippen molar-refractivity contribution in [1.29, 1.82) is 0 Å². The third-order valence-corrected chi connectivity index (χ3v) is 6.02. The minimum atomic E-state index is -3.89. The Morgan fingerprint density at radius 3 is 2.68 bits per heavy atom. The van der Waals surface area contributed by atoms with E-state index in [9.17, 15) is 13.5 Å². The number of nitrogens with zero attached hydrogens (tertiary/aromatic N) is 1. The lowest BCUT2D eigenvalue weighted by Crippen LogP contribution is -2.41. The van der Waals surface area contributed by atoms with Gasteiger partial charge in [-0.3, -0.25) is 4.98 Å². The lowest BCUT2D eigenvalue weighted by molar-refractivity contribution is 0.0273. The monoisotopic (exact) mass is 382 g/mol. The summed E-state index contributed by atoms with van der Waals surface area (Å²) in [5.74, 6) is 0.190. The first-order valence-corrected chi connectivity index (χ1v) is 9.71. The predicted molar refractivity (Wildman–Crippen MR) is 94.0 cm³/mol. The zero-order valence-electron chi connectivity index (χ0n) is 13.6. The van der Waals surface area contributed by atoms with Crippen molar-refractivity contribution in [2.24, 2.45) is 5.92 Å². The molecule has 6 nitrogen and oxygen atoms in total. The van der Waals surface area contributed by atoms with Crippen molar-refractivity contribution >= 4 is 21.6 Å². The van der Waals surface area contributed by atoms with E-state index in [1.807, 2.05) is 0 Å². The maximum Gasteiger partial charge on any atom is 0.244 e. The molecule has 3 rings (SSSR count). The van der Waals surface area contributed by atoms with Gasteiger partial charge in [0, 0.05) is 11.2 Å². The average molecular weight is 383 g/mol. The number of rotatable bonds is 6. The molecule has 0 amide bonds. The van der Waals surface area contributed by atoms with Crippen LogP contribution >= 0.6 is 11.6 Å². The SMILES string of the molecule is COc1ccc(Cl)cc1S(=O)(=O)N[C@H](c1ccccn1)C1CC(O)C1. The number of sulfonamides is 1. The van der Waals surface area contributed by atoms with Crippen LogP contribution < -0.4 is 9.46 Å². The molecule has 0 spiro atoms. The molecule has 134 valence electrons. The molecule has 1 aromatic heterocycles. The van der Waals surface area contributed by atoms with Gasteiger partial charge in [-0.1, -0.05) is 17.7 Å². The Kier molecular flexibility index (Phi) is 5.29. The predicted octanol–water partition coefficient (Wildman–Crippen LogP) is 2.53. The lowest BCUT2D eigenvalue weighted by atomic mass is 9.76. The Morgan fingerprint density at radius 2 is 2.08 bits per heavy atom. The van der Waals surface area contributed by atoms with Crippen LogP contribution in [0.3, 0.4) is 0 Å². The number of nitrogens with one attached hydrogen (secondary N) is 1. The van der Waals surface area contributed by atoms with Crippen molar-refractivity contribution in [2.75, 3.05) is 7.11 Å². The molecule has 1 fully saturated rings. The third kappa shape index (κ3) is 3.95. The third-order valence-electron chi connectivity index (χ3n) is 4.32. The van der Waals surface area contributed by atoms with Crippen molar-refractivity contribution < 1.29 is 18.3 Å². The van der Waals surface area contributed by atoms with Gasteiger partial charge >= 0.3 is 0 Å². The van der Waals surface area contributed by atoms with Crippen LogP contribution in [-0.4, -0.2) is 31.7 Å². The first kappa shape index (κ1) is 18.1. The Bertz CT molecular complexity index is 839. The maximum atomic E-state index is 12.9. The van der Waals surface area contributed by atoms with Crippen LogP contribution in [0.4, 0.5) is 0 Å². The Hall–Kier alpha value is -1.67. The molecule has 1 heterocycles. The highest BCUT2D eigenvalue weighted by Crippen LogP contribution is 2.39. The van der Waals surface area contributed by atoms with E-state index in [2.05, 4.69) is 9.71 Å². The van der Waals surface area contributed by atoms with Crippen molar-refractivity contribution in [3.63, 3.8) is 0 Å². The van der Waals surface area contributed by atoms with E-state index in [1.54, 1.807) is 30.5 Å². The molecular weight excluding hydrogens is 364 g/mol. The number of aromatic nitrogens is 1. The second-order valence-corrected chi connectivity index (χ2v) is 8.15. The first-order chi connectivity index (χ1) is 11.9. The average Bonchev–Trinajstić information content (AvgIpc) is 2.58. The van der Waals surface area contributed by atoms with Crippen LogP contribution in [0, 0.1) is 5.92 Å². The summed E-state index contributed by atoms with van der Waals surface area (Å²) in [4.78, 5) is 4.25. The van der Waals surface area contributed by atoms with E-state index >= 15 is 0 Å². The maximum absolute atomic E-state index is 12.9. The second-order valence-electron chi connectivity index (χ2n) is 6.03. The van der Waals surface area contributed by atoms with Gasteiger partial charge in [-0.05, 0) is 49.1 Å². The number of ether oxygens (including phenoxy) is 1. The van der Waals surface area contributed by atoms with Crippen LogP contribution in [0.15, 0.2) is 47.5 Å². The standard InChI is InChI=1S/C17H19ClN2O4S/c1-24-15-6-5-12(18)10-16(15)25(22,23)20-17(11-8-13(21)9-11)14-4-2-3-7-19-14/h2-7,10-11,13,17,20-21H,8-9H2,1H3/t11?,13?,17-/m0/s1. The largest absolute Gasteiger partial charge is 0.495 e. The number of methoxy groups -OCH3 is 1. The van der Waals surface area contributed by atoms with E-state index in [-0.39, 0.29) is 16.6 Å². The summed E-state index contributed by atoms with van der Waals surface area (Å²) in [5, 5.41) is 9.91. The number of hydrogen-bond acceptors (Lipinski definition) is 5. The quantitative estimate of drug-likeness (QED) is 0.801. The second kappa shape index (κ2) is 7.29. The van der Waals surface area contributed by atoms with E-state index in [1.165, 1.54) is 19.2 Å². The van der Waals surface area contributed by atoms with E-state index in [4.69, 9.17) is 16.3 Å². The van der Waals surface area contributed by atoms with Gasteiger partial charge in [0.2, 0.25) is 10.0 Å². The number of hydrogen-bond donors (Lipinski definition) is 2. The minimum Gasteiger partial charge on any atom is -0.495 e. The summed E-state index contributed by atoms with van der Waals surface area (Å²) >= 11 is 5.96. The van der Waals surface area contributed by atoms with Crippen LogP contribution in [0.5, 0.6) is 5.75 Å². The van der Waals surface area contributed by atoms with Gasteiger partial charge < -0.3 is 9.84 Å².